The molecule has 2 N–H and O–H groups in total. The van der Waals surface area contributed by atoms with Crippen LogP contribution >= 0.6 is 11.3 Å². The summed E-state index contributed by atoms with van der Waals surface area (Å²) in [7, 11) is 0. The Morgan fingerprint density at radius 2 is 1.60 bits per heavy atom. The average molecular weight is 348 g/mol. The van der Waals surface area contributed by atoms with Crippen LogP contribution in [0.4, 0.5) is 5.13 Å². The largest absolute Gasteiger partial charge is 0.278 e. The summed E-state index contributed by atoms with van der Waals surface area (Å²) in [4.78, 5) is 8.23. The minimum Gasteiger partial charge on any atom is -0.278 e. The number of benzene rings is 2. The lowest BCUT2D eigenvalue weighted by Crippen LogP contribution is -2.74. The SMILES string of the molecule is c1ccc(-c2ccc(-c3csc(NC4=[NH+]CCCCC4)n3)cc2)cc1. The summed E-state index contributed by atoms with van der Waals surface area (Å²) in [6.45, 7) is 1.06. The maximum absolute atomic E-state index is 4.75. The van der Waals surface area contributed by atoms with Gasteiger partial charge in [0.25, 0.3) is 5.13 Å². The number of hydrogen-bond donors (Lipinski definition) is 2. The second-order valence-corrected chi connectivity index (χ2v) is 7.18. The fourth-order valence-corrected chi connectivity index (χ4v) is 3.84. The predicted molar refractivity (Wildman–Crippen MR) is 106 cm³/mol. The lowest BCUT2D eigenvalue weighted by atomic mass is 10.0. The van der Waals surface area contributed by atoms with E-state index in [1.54, 1.807) is 11.3 Å². The molecule has 0 atom stereocenters. The van der Waals surface area contributed by atoms with Crippen molar-refractivity contribution in [2.75, 3.05) is 11.9 Å². The van der Waals surface area contributed by atoms with Gasteiger partial charge in [-0.25, -0.2) is 5.32 Å². The molecular formula is C21H22N3S+. The Labute approximate surface area is 152 Å². The average Bonchev–Trinajstić information content (AvgIpc) is 2.98. The van der Waals surface area contributed by atoms with Crippen molar-refractivity contribution in [3.05, 3.63) is 60.0 Å². The van der Waals surface area contributed by atoms with E-state index >= 15 is 0 Å². The summed E-state index contributed by atoms with van der Waals surface area (Å²) >= 11 is 1.66. The zero-order valence-corrected chi connectivity index (χ0v) is 15.0. The van der Waals surface area contributed by atoms with Crippen LogP contribution in [0.2, 0.25) is 0 Å². The van der Waals surface area contributed by atoms with E-state index < -0.39 is 0 Å². The third-order valence-electron chi connectivity index (χ3n) is 4.49. The third kappa shape index (κ3) is 3.97. The van der Waals surface area contributed by atoms with Gasteiger partial charge in [0.05, 0.1) is 12.2 Å². The van der Waals surface area contributed by atoms with E-state index in [2.05, 4.69) is 64.2 Å². The lowest BCUT2D eigenvalue weighted by Gasteiger charge is -2.02. The summed E-state index contributed by atoms with van der Waals surface area (Å²) in [5.41, 5.74) is 4.66. The van der Waals surface area contributed by atoms with Crippen molar-refractivity contribution in [3.63, 3.8) is 0 Å². The molecule has 3 nitrogen and oxygen atoms in total. The molecule has 0 amide bonds. The summed E-state index contributed by atoms with van der Waals surface area (Å²) in [6, 6.07) is 19.1. The van der Waals surface area contributed by atoms with Gasteiger partial charge in [0.2, 0.25) is 5.84 Å². The van der Waals surface area contributed by atoms with Gasteiger partial charge in [-0.2, -0.15) is 4.98 Å². The highest BCUT2D eigenvalue weighted by atomic mass is 32.1. The van der Waals surface area contributed by atoms with E-state index in [9.17, 15) is 0 Å². The standard InChI is InChI=1S/C21H21N3S/c1-3-7-16(8-4-1)17-10-12-18(13-11-17)19-15-25-21(23-19)24-20-9-5-2-6-14-22-20/h1,3-4,7-8,10-13,15H,2,5-6,9,14H2,(H,22,23,24)/p+1. The Hall–Kier alpha value is -2.46. The van der Waals surface area contributed by atoms with E-state index in [4.69, 9.17) is 4.98 Å². The van der Waals surface area contributed by atoms with Crippen LogP contribution in [0.25, 0.3) is 22.4 Å². The molecule has 2 heterocycles. The third-order valence-corrected chi connectivity index (χ3v) is 5.25. The van der Waals surface area contributed by atoms with E-state index in [0.717, 1.165) is 29.4 Å². The van der Waals surface area contributed by atoms with Crippen molar-refractivity contribution in [3.8, 4) is 22.4 Å². The first-order chi connectivity index (χ1) is 12.4. The van der Waals surface area contributed by atoms with Crippen LogP contribution in [-0.4, -0.2) is 17.4 Å². The van der Waals surface area contributed by atoms with Gasteiger partial charge in [0.15, 0.2) is 0 Å². The van der Waals surface area contributed by atoms with Gasteiger partial charge >= 0.3 is 0 Å². The molecule has 0 fully saturated rings. The fraction of sp³-hybridized carbons (Fsp3) is 0.238. The Morgan fingerprint density at radius 1 is 0.840 bits per heavy atom. The summed E-state index contributed by atoms with van der Waals surface area (Å²) in [6.07, 6.45) is 4.88. The Morgan fingerprint density at radius 3 is 2.44 bits per heavy atom. The minimum atomic E-state index is 0.964. The number of nitrogens with one attached hydrogen (secondary N) is 2. The maximum Gasteiger partial charge on any atom is 0.277 e. The van der Waals surface area contributed by atoms with Crippen LogP contribution < -0.4 is 10.3 Å². The molecule has 3 aromatic rings. The molecule has 4 rings (SSSR count). The first-order valence-electron chi connectivity index (χ1n) is 8.86. The number of hydrogen-bond acceptors (Lipinski definition) is 3. The molecule has 4 heteroatoms. The molecule has 1 aliphatic heterocycles. The highest BCUT2D eigenvalue weighted by molar-refractivity contribution is 7.14. The van der Waals surface area contributed by atoms with Crippen LogP contribution in [-0.2, 0) is 0 Å². The highest BCUT2D eigenvalue weighted by Crippen LogP contribution is 2.27. The molecule has 25 heavy (non-hydrogen) atoms. The van der Waals surface area contributed by atoms with E-state index in [1.165, 1.54) is 36.2 Å². The molecule has 0 saturated heterocycles. The van der Waals surface area contributed by atoms with Gasteiger partial charge in [-0.1, -0.05) is 65.9 Å². The van der Waals surface area contributed by atoms with Crippen LogP contribution in [0.1, 0.15) is 25.7 Å². The molecule has 1 aromatic heterocycles. The van der Waals surface area contributed by atoms with Crippen molar-refractivity contribution < 1.29 is 4.99 Å². The Kier molecular flexibility index (Phi) is 4.89. The van der Waals surface area contributed by atoms with E-state index in [0.29, 0.717) is 0 Å². The summed E-state index contributed by atoms with van der Waals surface area (Å²) in [5.74, 6) is 1.21. The molecule has 0 radical (unpaired) electrons. The van der Waals surface area contributed by atoms with Gasteiger partial charge in [0.1, 0.15) is 0 Å². The fourth-order valence-electron chi connectivity index (χ4n) is 3.09. The number of aromatic nitrogens is 1. The normalized spacial score (nSPS) is 14.6. The first-order valence-corrected chi connectivity index (χ1v) is 9.74. The van der Waals surface area contributed by atoms with Crippen molar-refractivity contribution in [2.45, 2.75) is 25.7 Å². The Bertz CT molecular complexity index is 850. The van der Waals surface area contributed by atoms with Gasteiger partial charge in [0, 0.05) is 17.4 Å². The van der Waals surface area contributed by atoms with Crippen LogP contribution in [0, 0.1) is 0 Å². The summed E-state index contributed by atoms with van der Waals surface area (Å²) < 4.78 is 0. The van der Waals surface area contributed by atoms with Gasteiger partial charge in [-0.3, -0.25) is 4.99 Å². The molecule has 0 unspecified atom stereocenters. The van der Waals surface area contributed by atoms with Crippen LogP contribution in [0.15, 0.2) is 60.0 Å². The number of rotatable bonds is 3. The molecule has 2 aromatic carbocycles. The number of anilines is 1. The second kappa shape index (κ2) is 7.62. The second-order valence-electron chi connectivity index (χ2n) is 6.32. The number of thiazole rings is 1. The minimum absolute atomic E-state index is 0.964. The number of amidine groups is 1. The molecule has 0 spiro atoms. The monoisotopic (exact) mass is 348 g/mol. The van der Waals surface area contributed by atoms with E-state index in [-0.39, 0.29) is 0 Å². The molecule has 1 aliphatic rings. The lowest BCUT2D eigenvalue weighted by molar-refractivity contribution is -0.457. The van der Waals surface area contributed by atoms with Crippen LogP contribution in [0.3, 0.4) is 0 Å². The van der Waals surface area contributed by atoms with Crippen LogP contribution in [0.5, 0.6) is 0 Å². The van der Waals surface area contributed by atoms with Gasteiger partial charge in [-0.15, -0.1) is 0 Å². The Balaban J connectivity index is 1.49. The zero-order valence-electron chi connectivity index (χ0n) is 14.2. The van der Waals surface area contributed by atoms with Gasteiger partial charge < -0.3 is 0 Å². The molecule has 126 valence electrons. The topological polar surface area (TPSA) is 38.9 Å². The van der Waals surface area contributed by atoms with Crippen molar-refractivity contribution >= 4 is 22.3 Å². The maximum atomic E-state index is 4.75. The summed E-state index contributed by atoms with van der Waals surface area (Å²) in [5, 5.41) is 6.55. The first kappa shape index (κ1) is 16.0. The molecule has 0 aliphatic carbocycles. The number of nitrogens with zero attached hydrogens (tertiary/aromatic N) is 1. The molecule has 0 saturated carbocycles. The predicted octanol–water partition coefficient (Wildman–Crippen LogP) is 3.94. The van der Waals surface area contributed by atoms with Gasteiger partial charge in [-0.05, 0) is 30.4 Å². The smallest absolute Gasteiger partial charge is 0.277 e. The quantitative estimate of drug-likeness (QED) is 0.752. The van der Waals surface area contributed by atoms with E-state index in [1.807, 2.05) is 6.07 Å². The van der Waals surface area contributed by atoms with Crippen molar-refractivity contribution in [1.29, 1.82) is 0 Å². The van der Waals surface area contributed by atoms with Crippen molar-refractivity contribution in [1.82, 2.24) is 4.98 Å². The molecule has 0 bridgehead atoms. The molecular weight excluding hydrogens is 326 g/mol. The zero-order chi connectivity index (χ0) is 16.9. The van der Waals surface area contributed by atoms with Crippen molar-refractivity contribution in [2.24, 2.45) is 0 Å². The highest BCUT2D eigenvalue weighted by Gasteiger charge is 2.14.